The van der Waals surface area contributed by atoms with Crippen LogP contribution in [0.5, 0.6) is 0 Å². The van der Waals surface area contributed by atoms with Gasteiger partial charge in [0.25, 0.3) is 0 Å². The van der Waals surface area contributed by atoms with Gasteiger partial charge in [0, 0.05) is 5.56 Å². The highest BCUT2D eigenvalue weighted by atomic mass is 79.9. The van der Waals surface area contributed by atoms with Crippen LogP contribution in [0.3, 0.4) is 0 Å². The Bertz CT molecular complexity index is 258. The van der Waals surface area contributed by atoms with Gasteiger partial charge in [0.1, 0.15) is 5.82 Å². The molecule has 0 saturated carbocycles. The van der Waals surface area contributed by atoms with Crippen molar-refractivity contribution in [1.29, 1.82) is 0 Å². The van der Waals surface area contributed by atoms with E-state index in [0.29, 0.717) is 5.56 Å². The summed E-state index contributed by atoms with van der Waals surface area (Å²) in [6.45, 7) is 1.87. The Balaban J connectivity index is 3.09. The van der Waals surface area contributed by atoms with Gasteiger partial charge in [-0.1, -0.05) is 44.0 Å². The molecule has 0 unspecified atom stereocenters. The van der Waals surface area contributed by atoms with Gasteiger partial charge in [-0.15, -0.1) is 0 Å². The van der Waals surface area contributed by atoms with Crippen LogP contribution < -0.4 is 0 Å². The highest BCUT2D eigenvalue weighted by Gasteiger charge is 2.07. The van der Waals surface area contributed by atoms with Crippen molar-refractivity contribution in [1.82, 2.24) is 0 Å². The fourth-order valence-corrected chi connectivity index (χ4v) is 1.55. The zero-order chi connectivity index (χ0) is 8.43. The average molecular weight is 282 g/mol. The molecule has 0 nitrogen and oxygen atoms in total. The summed E-state index contributed by atoms with van der Waals surface area (Å²) in [4.78, 5) is 0. The number of halogens is 3. The van der Waals surface area contributed by atoms with Gasteiger partial charge in [0.15, 0.2) is 0 Å². The van der Waals surface area contributed by atoms with Gasteiger partial charge in [0.2, 0.25) is 0 Å². The van der Waals surface area contributed by atoms with Crippen molar-refractivity contribution in [3.8, 4) is 0 Å². The molecule has 0 aliphatic carbocycles. The summed E-state index contributed by atoms with van der Waals surface area (Å²) >= 11 is 6.47. The Morgan fingerprint density at radius 3 is 2.45 bits per heavy atom. The van der Waals surface area contributed by atoms with Crippen LogP contribution in [0.25, 0.3) is 0 Å². The molecule has 60 valence electrons. The van der Waals surface area contributed by atoms with Crippen molar-refractivity contribution in [2.75, 3.05) is 0 Å². The van der Waals surface area contributed by atoms with Crippen molar-refractivity contribution in [3.63, 3.8) is 0 Å². The van der Waals surface area contributed by atoms with Crippen LogP contribution in [0.15, 0.2) is 18.2 Å². The van der Waals surface area contributed by atoms with E-state index >= 15 is 0 Å². The third-order valence-corrected chi connectivity index (χ3v) is 2.38. The number of benzene rings is 1. The maximum Gasteiger partial charge on any atom is 0.128 e. The van der Waals surface area contributed by atoms with E-state index in [1.165, 1.54) is 6.07 Å². The van der Waals surface area contributed by atoms with E-state index in [9.17, 15) is 4.39 Å². The summed E-state index contributed by atoms with van der Waals surface area (Å²) in [5.41, 5.74) is 1.57. The lowest BCUT2D eigenvalue weighted by atomic mass is 10.2. The standard InChI is InChI=1S/C8H7Br2F/c1-5-2-3-6(8(9)10)7(11)4-5/h2-4,8H,1H3. The number of rotatable bonds is 1. The van der Waals surface area contributed by atoms with Gasteiger partial charge in [-0.3, -0.25) is 0 Å². The lowest BCUT2D eigenvalue weighted by Gasteiger charge is -2.03. The Hall–Kier alpha value is 0.110. The zero-order valence-electron chi connectivity index (χ0n) is 5.94. The lowest BCUT2D eigenvalue weighted by Crippen LogP contribution is -1.87. The molecular weight excluding hydrogens is 275 g/mol. The monoisotopic (exact) mass is 280 g/mol. The van der Waals surface area contributed by atoms with Crippen molar-refractivity contribution in [2.24, 2.45) is 0 Å². The highest BCUT2D eigenvalue weighted by molar-refractivity contribution is 9.24. The molecule has 0 aromatic heterocycles. The van der Waals surface area contributed by atoms with E-state index in [2.05, 4.69) is 31.9 Å². The molecule has 0 atom stereocenters. The van der Waals surface area contributed by atoms with Gasteiger partial charge >= 0.3 is 0 Å². The number of hydrogen-bond acceptors (Lipinski definition) is 0. The minimum Gasteiger partial charge on any atom is -0.207 e. The molecule has 0 bridgehead atoms. The van der Waals surface area contributed by atoms with E-state index in [4.69, 9.17) is 0 Å². The van der Waals surface area contributed by atoms with Gasteiger partial charge in [-0.05, 0) is 18.6 Å². The molecule has 0 aliphatic heterocycles. The smallest absolute Gasteiger partial charge is 0.128 e. The zero-order valence-corrected chi connectivity index (χ0v) is 9.12. The predicted octanol–water partition coefficient (Wildman–Crippen LogP) is 3.92. The summed E-state index contributed by atoms with van der Waals surface area (Å²) in [6, 6.07) is 5.16. The number of aryl methyl sites for hydroxylation is 1. The number of alkyl halides is 2. The first-order chi connectivity index (χ1) is 5.11. The van der Waals surface area contributed by atoms with E-state index in [-0.39, 0.29) is 9.55 Å². The van der Waals surface area contributed by atoms with Crippen LogP contribution in [-0.2, 0) is 0 Å². The molecule has 0 fully saturated rings. The average Bonchev–Trinajstić information content (AvgIpc) is 1.85. The first-order valence-electron chi connectivity index (χ1n) is 3.15. The second-order valence-corrected chi connectivity index (χ2v) is 5.39. The summed E-state index contributed by atoms with van der Waals surface area (Å²) in [5.74, 6) is -0.177. The lowest BCUT2D eigenvalue weighted by molar-refractivity contribution is 0.616. The topological polar surface area (TPSA) is 0 Å². The number of hydrogen-bond donors (Lipinski definition) is 0. The Morgan fingerprint density at radius 1 is 1.36 bits per heavy atom. The van der Waals surface area contributed by atoms with Crippen molar-refractivity contribution in [2.45, 2.75) is 10.7 Å². The van der Waals surface area contributed by atoms with E-state index < -0.39 is 0 Å². The molecule has 3 heteroatoms. The predicted molar refractivity (Wildman–Crippen MR) is 51.7 cm³/mol. The molecule has 0 spiro atoms. The van der Waals surface area contributed by atoms with Crippen LogP contribution in [0.2, 0.25) is 0 Å². The van der Waals surface area contributed by atoms with Gasteiger partial charge in [-0.25, -0.2) is 4.39 Å². The van der Waals surface area contributed by atoms with Crippen LogP contribution in [0.4, 0.5) is 4.39 Å². The fraction of sp³-hybridized carbons (Fsp3) is 0.250. The van der Waals surface area contributed by atoms with Gasteiger partial charge < -0.3 is 0 Å². The van der Waals surface area contributed by atoms with Crippen LogP contribution >= 0.6 is 31.9 Å². The van der Waals surface area contributed by atoms with Crippen LogP contribution in [0, 0.1) is 12.7 Å². The quantitative estimate of drug-likeness (QED) is 0.685. The SMILES string of the molecule is Cc1ccc(C(Br)Br)c(F)c1. The molecule has 0 heterocycles. The first-order valence-corrected chi connectivity index (χ1v) is 4.98. The van der Waals surface area contributed by atoms with E-state index in [0.717, 1.165) is 5.56 Å². The largest absolute Gasteiger partial charge is 0.207 e. The van der Waals surface area contributed by atoms with Crippen LogP contribution in [0.1, 0.15) is 14.9 Å². The summed E-state index contributed by atoms with van der Waals surface area (Å²) < 4.78 is 12.9. The minimum absolute atomic E-state index is 0.101. The summed E-state index contributed by atoms with van der Waals surface area (Å²) in [5, 5.41) is 0. The summed E-state index contributed by atoms with van der Waals surface area (Å²) in [7, 11) is 0. The normalized spacial score (nSPS) is 10.6. The Labute approximate surface area is 82.1 Å². The van der Waals surface area contributed by atoms with Gasteiger partial charge in [-0.2, -0.15) is 0 Å². The second kappa shape index (κ2) is 3.68. The second-order valence-electron chi connectivity index (χ2n) is 2.33. The molecule has 1 aromatic carbocycles. The van der Waals surface area contributed by atoms with Crippen molar-refractivity contribution >= 4 is 31.9 Å². The van der Waals surface area contributed by atoms with Gasteiger partial charge in [0.05, 0.1) is 3.74 Å². The molecule has 0 radical (unpaired) electrons. The van der Waals surface area contributed by atoms with E-state index in [1.807, 2.05) is 13.0 Å². The molecule has 0 N–H and O–H groups in total. The molecular formula is C8H7Br2F. The maximum atomic E-state index is 13.0. The fourth-order valence-electron chi connectivity index (χ4n) is 0.809. The van der Waals surface area contributed by atoms with Crippen LogP contribution in [-0.4, -0.2) is 0 Å². The summed E-state index contributed by atoms with van der Waals surface area (Å²) in [6.07, 6.45) is 0. The highest BCUT2D eigenvalue weighted by Crippen LogP contribution is 2.31. The van der Waals surface area contributed by atoms with E-state index in [1.54, 1.807) is 6.07 Å². The molecule has 0 aliphatic rings. The van der Waals surface area contributed by atoms with Crippen molar-refractivity contribution < 1.29 is 4.39 Å². The Morgan fingerprint density at radius 2 is 2.00 bits per heavy atom. The molecule has 11 heavy (non-hydrogen) atoms. The Kier molecular flexibility index (Phi) is 3.07. The molecule has 1 aromatic rings. The first kappa shape index (κ1) is 9.20. The third-order valence-electron chi connectivity index (χ3n) is 1.39. The third kappa shape index (κ3) is 2.27. The molecule has 0 amide bonds. The maximum absolute atomic E-state index is 13.0. The molecule has 0 saturated heterocycles. The minimum atomic E-state index is -0.177. The molecule has 1 rings (SSSR count). The van der Waals surface area contributed by atoms with Crippen molar-refractivity contribution in [3.05, 3.63) is 35.1 Å².